The Kier molecular flexibility index (Phi) is 5.94. The van der Waals surface area contributed by atoms with Gasteiger partial charge in [0.15, 0.2) is 0 Å². The number of aryl methyl sites for hydroxylation is 1. The summed E-state index contributed by atoms with van der Waals surface area (Å²) in [5, 5.41) is 6.84. The van der Waals surface area contributed by atoms with Gasteiger partial charge in [0, 0.05) is 41.4 Å². The van der Waals surface area contributed by atoms with Gasteiger partial charge in [-0.05, 0) is 58.7 Å². The normalized spacial score (nSPS) is 20.2. The zero-order chi connectivity index (χ0) is 18.7. The molecule has 0 saturated carbocycles. The molecule has 25 heavy (non-hydrogen) atoms. The molecule has 1 aromatic carbocycles. The average Bonchev–Trinajstić information content (AvgIpc) is 2.44. The first-order valence-corrected chi connectivity index (χ1v) is 9.13. The molecule has 2 N–H and O–H groups in total. The van der Waals surface area contributed by atoms with E-state index < -0.39 is 0 Å². The molecule has 1 saturated heterocycles. The van der Waals surface area contributed by atoms with Crippen molar-refractivity contribution in [2.75, 3.05) is 5.32 Å². The Morgan fingerprint density at radius 1 is 1.20 bits per heavy atom. The second-order valence-corrected chi connectivity index (χ2v) is 8.36. The smallest absolute Gasteiger partial charge is 0.332 e. The molecule has 4 heteroatoms. The van der Waals surface area contributed by atoms with E-state index in [4.69, 9.17) is 4.74 Å². The van der Waals surface area contributed by atoms with Gasteiger partial charge in [0.05, 0.1) is 0 Å². The summed E-state index contributed by atoms with van der Waals surface area (Å²) in [5.74, 6) is -0.284. The molecule has 2 rings (SSSR count). The maximum absolute atomic E-state index is 12.3. The van der Waals surface area contributed by atoms with Crippen LogP contribution in [0.1, 0.15) is 59.9 Å². The molecular weight excluding hydrogens is 312 g/mol. The second kappa shape index (κ2) is 7.61. The molecule has 4 nitrogen and oxygen atoms in total. The maximum Gasteiger partial charge on any atom is 0.332 e. The lowest BCUT2D eigenvalue weighted by molar-refractivity contribution is -0.147. The Hall–Kier alpha value is -1.81. The monoisotopic (exact) mass is 344 g/mol. The minimum atomic E-state index is -0.284. The van der Waals surface area contributed by atoms with Crippen LogP contribution in [-0.4, -0.2) is 23.2 Å². The Labute approximate surface area is 152 Å². The SMILES string of the molecule is CCc1ccc(N/C(C)=C/C(=O)OC2CC(C)(C)NC(C)(C)C2)cc1. The molecule has 1 fully saturated rings. The Balaban J connectivity index is 1.94. The van der Waals surface area contributed by atoms with E-state index >= 15 is 0 Å². The minimum Gasteiger partial charge on any atom is -0.459 e. The number of benzene rings is 1. The summed E-state index contributed by atoms with van der Waals surface area (Å²) in [6, 6.07) is 8.24. The van der Waals surface area contributed by atoms with Gasteiger partial charge in [-0.3, -0.25) is 0 Å². The molecule has 0 bridgehead atoms. The van der Waals surface area contributed by atoms with Crippen LogP contribution in [0.4, 0.5) is 5.69 Å². The van der Waals surface area contributed by atoms with Gasteiger partial charge in [0.2, 0.25) is 0 Å². The molecular formula is C21H32N2O2. The molecule has 0 unspecified atom stereocenters. The lowest BCUT2D eigenvalue weighted by Gasteiger charge is -2.45. The van der Waals surface area contributed by atoms with Gasteiger partial charge in [0.1, 0.15) is 6.10 Å². The minimum absolute atomic E-state index is 0.0370. The summed E-state index contributed by atoms with van der Waals surface area (Å²) >= 11 is 0. The Bertz CT molecular complexity index is 614. The fourth-order valence-corrected chi connectivity index (χ4v) is 3.77. The highest BCUT2D eigenvalue weighted by molar-refractivity contribution is 5.83. The van der Waals surface area contributed by atoms with Crippen molar-refractivity contribution in [2.45, 2.75) is 78.0 Å². The van der Waals surface area contributed by atoms with Crippen LogP contribution < -0.4 is 10.6 Å². The van der Waals surface area contributed by atoms with Crippen LogP contribution in [0.15, 0.2) is 36.0 Å². The first-order chi connectivity index (χ1) is 11.6. The molecule has 1 heterocycles. The molecule has 0 amide bonds. The molecule has 0 aliphatic carbocycles. The first kappa shape index (κ1) is 19.5. The Morgan fingerprint density at radius 2 is 1.76 bits per heavy atom. The largest absolute Gasteiger partial charge is 0.459 e. The fourth-order valence-electron chi connectivity index (χ4n) is 3.77. The third-order valence-corrected chi connectivity index (χ3v) is 4.47. The van der Waals surface area contributed by atoms with Gasteiger partial charge < -0.3 is 15.4 Å². The zero-order valence-electron chi connectivity index (χ0n) is 16.4. The lowest BCUT2D eigenvalue weighted by atomic mass is 9.81. The first-order valence-electron chi connectivity index (χ1n) is 9.13. The van der Waals surface area contributed by atoms with Crippen molar-refractivity contribution in [1.82, 2.24) is 5.32 Å². The molecule has 1 aliphatic heterocycles. The number of anilines is 1. The van der Waals surface area contributed by atoms with Gasteiger partial charge in [-0.15, -0.1) is 0 Å². The average molecular weight is 344 g/mol. The van der Waals surface area contributed by atoms with Gasteiger partial charge in [-0.2, -0.15) is 0 Å². The summed E-state index contributed by atoms with van der Waals surface area (Å²) in [5.41, 5.74) is 2.97. The highest BCUT2D eigenvalue weighted by Gasteiger charge is 2.39. The standard InChI is InChI=1S/C21H32N2O2/c1-7-16-8-10-17(11-9-16)22-15(2)12-19(24)25-18-13-20(3,4)23-21(5,6)14-18/h8-12,18,22-23H,7,13-14H2,1-6H3/b15-12+. The molecule has 1 aliphatic rings. The molecule has 0 radical (unpaired) electrons. The summed E-state index contributed by atoms with van der Waals surface area (Å²) < 4.78 is 5.71. The number of allylic oxidation sites excluding steroid dienone is 1. The number of hydrogen-bond acceptors (Lipinski definition) is 4. The van der Waals surface area contributed by atoms with Crippen molar-refractivity contribution in [3.8, 4) is 0 Å². The third-order valence-electron chi connectivity index (χ3n) is 4.47. The number of carbonyl (C=O) groups excluding carboxylic acids is 1. The number of rotatable bonds is 5. The van der Waals surface area contributed by atoms with E-state index in [0.717, 1.165) is 30.6 Å². The summed E-state index contributed by atoms with van der Waals surface area (Å²) in [4.78, 5) is 12.3. The van der Waals surface area contributed by atoms with E-state index in [1.807, 2.05) is 19.1 Å². The fraction of sp³-hybridized carbons (Fsp3) is 0.571. The number of piperidine rings is 1. The maximum atomic E-state index is 12.3. The van der Waals surface area contributed by atoms with Gasteiger partial charge >= 0.3 is 5.97 Å². The predicted molar refractivity (Wildman–Crippen MR) is 104 cm³/mol. The van der Waals surface area contributed by atoms with Crippen LogP contribution >= 0.6 is 0 Å². The molecule has 0 aromatic heterocycles. The number of nitrogens with one attached hydrogen (secondary N) is 2. The van der Waals surface area contributed by atoms with Crippen LogP contribution in [0.2, 0.25) is 0 Å². The van der Waals surface area contributed by atoms with Crippen LogP contribution in [0.3, 0.4) is 0 Å². The Morgan fingerprint density at radius 3 is 2.28 bits per heavy atom. The van der Waals surface area contributed by atoms with E-state index in [-0.39, 0.29) is 23.2 Å². The molecule has 0 spiro atoms. The highest BCUT2D eigenvalue weighted by atomic mass is 16.5. The van der Waals surface area contributed by atoms with Crippen LogP contribution in [-0.2, 0) is 16.0 Å². The number of carbonyl (C=O) groups is 1. The number of hydrogen-bond donors (Lipinski definition) is 2. The van der Waals surface area contributed by atoms with Crippen LogP contribution in [0.25, 0.3) is 0 Å². The van der Waals surface area contributed by atoms with E-state index in [0.29, 0.717) is 0 Å². The van der Waals surface area contributed by atoms with E-state index in [2.05, 4.69) is 57.4 Å². The lowest BCUT2D eigenvalue weighted by Crippen LogP contribution is -2.59. The van der Waals surface area contributed by atoms with Crippen molar-refractivity contribution in [3.05, 3.63) is 41.6 Å². The molecule has 138 valence electrons. The summed E-state index contributed by atoms with van der Waals surface area (Å²) in [6.45, 7) is 12.6. The van der Waals surface area contributed by atoms with Gasteiger partial charge in [-0.1, -0.05) is 19.1 Å². The van der Waals surface area contributed by atoms with E-state index in [1.54, 1.807) is 0 Å². The quantitative estimate of drug-likeness (QED) is 0.613. The van der Waals surface area contributed by atoms with Crippen molar-refractivity contribution in [2.24, 2.45) is 0 Å². The van der Waals surface area contributed by atoms with Crippen molar-refractivity contribution in [3.63, 3.8) is 0 Å². The van der Waals surface area contributed by atoms with Crippen LogP contribution in [0, 0.1) is 0 Å². The highest BCUT2D eigenvalue weighted by Crippen LogP contribution is 2.30. The molecule has 0 atom stereocenters. The van der Waals surface area contributed by atoms with Crippen molar-refractivity contribution >= 4 is 11.7 Å². The van der Waals surface area contributed by atoms with Gasteiger partial charge in [0.25, 0.3) is 0 Å². The number of esters is 1. The topological polar surface area (TPSA) is 50.4 Å². The van der Waals surface area contributed by atoms with Crippen molar-refractivity contribution < 1.29 is 9.53 Å². The van der Waals surface area contributed by atoms with E-state index in [9.17, 15) is 4.79 Å². The second-order valence-electron chi connectivity index (χ2n) is 8.36. The molecule has 1 aromatic rings. The van der Waals surface area contributed by atoms with Crippen LogP contribution in [0.5, 0.6) is 0 Å². The van der Waals surface area contributed by atoms with Gasteiger partial charge in [-0.25, -0.2) is 4.79 Å². The predicted octanol–water partition coefficient (Wildman–Crippen LogP) is 4.42. The van der Waals surface area contributed by atoms with Crippen molar-refractivity contribution in [1.29, 1.82) is 0 Å². The number of ether oxygens (including phenoxy) is 1. The third kappa shape index (κ3) is 6.20. The summed E-state index contributed by atoms with van der Waals surface area (Å²) in [6.07, 6.45) is 4.13. The summed E-state index contributed by atoms with van der Waals surface area (Å²) in [7, 11) is 0. The van der Waals surface area contributed by atoms with E-state index in [1.165, 1.54) is 11.6 Å². The zero-order valence-corrected chi connectivity index (χ0v) is 16.4.